The van der Waals surface area contributed by atoms with Crippen LogP contribution in [0.3, 0.4) is 0 Å². The van der Waals surface area contributed by atoms with Crippen LogP contribution in [0.25, 0.3) is 11.5 Å². The van der Waals surface area contributed by atoms with E-state index >= 15 is 0 Å². The average Bonchev–Trinajstić information content (AvgIpc) is 2.89. The molecule has 5 heteroatoms. The lowest BCUT2D eigenvalue weighted by atomic mass is 10.1. The molecule has 3 aromatic rings. The molecule has 0 saturated carbocycles. The molecule has 1 heterocycles. The van der Waals surface area contributed by atoms with E-state index in [-0.39, 0.29) is 17.4 Å². The molecule has 0 radical (unpaired) electrons. The summed E-state index contributed by atoms with van der Waals surface area (Å²) < 4.78 is 5.19. The average molecular weight is 282 g/mol. The van der Waals surface area contributed by atoms with Crippen LogP contribution in [0.1, 0.15) is 17.0 Å². The van der Waals surface area contributed by atoms with Crippen LogP contribution in [-0.4, -0.2) is 20.4 Å². The van der Waals surface area contributed by atoms with Crippen LogP contribution >= 0.6 is 0 Å². The number of nitrogens with zero attached hydrogens (tertiary/aromatic N) is 2. The van der Waals surface area contributed by atoms with Crippen molar-refractivity contribution in [2.24, 2.45) is 0 Å². The molecule has 0 unspecified atom stereocenters. The van der Waals surface area contributed by atoms with Gasteiger partial charge in [0.25, 0.3) is 5.89 Å². The molecule has 3 rings (SSSR count). The normalized spacial score (nSPS) is 10.7. The molecule has 0 spiro atoms. The van der Waals surface area contributed by atoms with Gasteiger partial charge in [-0.25, -0.2) is 0 Å². The molecule has 2 N–H and O–H groups in total. The van der Waals surface area contributed by atoms with Gasteiger partial charge in [-0.15, -0.1) is 0 Å². The Kier molecular flexibility index (Phi) is 3.31. The van der Waals surface area contributed by atoms with E-state index in [9.17, 15) is 10.2 Å². The smallest absolute Gasteiger partial charge is 0.258 e. The Labute approximate surface area is 121 Å². The van der Waals surface area contributed by atoms with E-state index in [0.717, 1.165) is 5.56 Å². The third kappa shape index (κ3) is 2.86. The Morgan fingerprint density at radius 2 is 1.76 bits per heavy atom. The molecule has 0 fully saturated rings. The Morgan fingerprint density at radius 3 is 2.48 bits per heavy atom. The number of aromatic hydroxyl groups is 2. The predicted molar refractivity (Wildman–Crippen MR) is 77.0 cm³/mol. The van der Waals surface area contributed by atoms with Gasteiger partial charge in [0.05, 0.1) is 0 Å². The fourth-order valence-corrected chi connectivity index (χ4v) is 2.14. The molecule has 106 valence electrons. The summed E-state index contributed by atoms with van der Waals surface area (Å²) in [6, 6.07) is 12.2. The summed E-state index contributed by atoms with van der Waals surface area (Å²) in [6.45, 7) is 2.03. The van der Waals surface area contributed by atoms with Crippen LogP contribution < -0.4 is 0 Å². The number of phenolic OH excluding ortho intramolecular Hbond substituents is 2. The van der Waals surface area contributed by atoms with E-state index in [1.165, 1.54) is 23.8 Å². The van der Waals surface area contributed by atoms with Gasteiger partial charge in [0.15, 0.2) is 5.82 Å². The Balaban J connectivity index is 1.88. The molecule has 0 amide bonds. The molecular weight excluding hydrogens is 268 g/mol. The maximum Gasteiger partial charge on any atom is 0.258 e. The zero-order chi connectivity index (χ0) is 14.8. The fraction of sp³-hybridized carbons (Fsp3) is 0.125. The maximum absolute atomic E-state index is 9.48. The van der Waals surface area contributed by atoms with Crippen molar-refractivity contribution in [2.45, 2.75) is 13.3 Å². The zero-order valence-corrected chi connectivity index (χ0v) is 11.4. The molecule has 0 saturated heterocycles. The summed E-state index contributed by atoms with van der Waals surface area (Å²) in [5.41, 5.74) is 2.78. The topological polar surface area (TPSA) is 79.4 Å². The third-order valence-corrected chi connectivity index (χ3v) is 3.23. The quantitative estimate of drug-likeness (QED) is 0.771. The van der Waals surface area contributed by atoms with Crippen molar-refractivity contribution in [2.75, 3.05) is 0 Å². The molecule has 5 nitrogen and oxygen atoms in total. The number of aryl methyl sites for hydroxylation is 1. The predicted octanol–water partition coefficient (Wildman–Crippen LogP) is 3.05. The highest BCUT2D eigenvalue weighted by molar-refractivity contribution is 5.58. The lowest BCUT2D eigenvalue weighted by Gasteiger charge is -2.01. The summed E-state index contributed by atoms with van der Waals surface area (Å²) in [5, 5.41) is 22.9. The Hall–Kier alpha value is -2.82. The molecule has 0 atom stereocenters. The van der Waals surface area contributed by atoms with Crippen molar-refractivity contribution < 1.29 is 14.7 Å². The molecule has 0 aliphatic heterocycles. The first-order valence-electron chi connectivity index (χ1n) is 6.52. The molecule has 21 heavy (non-hydrogen) atoms. The number of aromatic nitrogens is 2. The highest BCUT2D eigenvalue weighted by Crippen LogP contribution is 2.27. The van der Waals surface area contributed by atoms with Crippen LogP contribution in [0.15, 0.2) is 47.0 Å². The van der Waals surface area contributed by atoms with Crippen molar-refractivity contribution in [3.05, 3.63) is 59.4 Å². The van der Waals surface area contributed by atoms with E-state index in [0.29, 0.717) is 17.8 Å². The zero-order valence-electron chi connectivity index (χ0n) is 11.4. The highest BCUT2D eigenvalue weighted by atomic mass is 16.5. The minimum atomic E-state index is -0.0522. The van der Waals surface area contributed by atoms with Crippen LogP contribution in [0.2, 0.25) is 0 Å². The van der Waals surface area contributed by atoms with Crippen molar-refractivity contribution >= 4 is 0 Å². The second-order valence-electron chi connectivity index (χ2n) is 4.86. The van der Waals surface area contributed by atoms with Crippen molar-refractivity contribution in [3.8, 4) is 23.0 Å². The van der Waals surface area contributed by atoms with Crippen LogP contribution in [0, 0.1) is 6.92 Å². The second-order valence-corrected chi connectivity index (χ2v) is 4.86. The second kappa shape index (κ2) is 5.28. The van der Waals surface area contributed by atoms with Gasteiger partial charge >= 0.3 is 0 Å². The summed E-state index contributed by atoms with van der Waals surface area (Å²) in [4.78, 5) is 4.30. The molecule has 0 aliphatic rings. The van der Waals surface area contributed by atoms with Crippen LogP contribution in [0.5, 0.6) is 11.5 Å². The van der Waals surface area contributed by atoms with Crippen LogP contribution in [-0.2, 0) is 6.42 Å². The summed E-state index contributed by atoms with van der Waals surface area (Å²) in [6.07, 6.45) is 0.570. The first-order chi connectivity index (χ1) is 10.1. The standard InChI is InChI=1S/C16H14N2O3/c1-10-4-2-3-5-11(10)8-15-17-16(21-18-15)12-6-13(19)9-14(20)7-12/h2-7,9,19-20H,8H2,1H3. The minimum absolute atomic E-state index is 0.0522. The van der Waals surface area contributed by atoms with E-state index in [1.54, 1.807) is 0 Å². The van der Waals surface area contributed by atoms with E-state index in [2.05, 4.69) is 10.1 Å². The molecule has 0 bridgehead atoms. The van der Waals surface area contributed by atoms with Gasteiger partial charge in [-0.3, -0.25) is 0 Å². The highest BCUT2D eigenvalue weighted by Gasteiger charge is 2.12. The number of phenols is 2. The van der Waals surface area contributed by atoms with E-state index in [1.807, 2.05) is 31.2 Å². The minimum Gasteiger partial charge on any atom is -0.508 e. The largest absolute Gasteiger partial charge is 0.508 e. The number of hydrogen-bond acceptors (Lipinski definition) is 5. The summed E-state index contributed by atoms with van der Waals surface area (Å²) in [7, 11) is 0. The Bertz CT molecular complexity index is 760. The lowest BCUT2D eigenvalue weighted by Crippen LogP contribution is -1.93. The van der Waals surface area contributed by atoms with Crippen molar-refractivity contribution in [1.82, 2.24) is 10.1 Å². The number of rotatable bonds is 3. The van der Waals surface area contributed by atoms with Crippen molar-refractivity contribution in [1.29, 1.82) is 0 Å². The summed E-state index contributed by atoms with van der Waals surface area (Å²) in [5.74, 6) is 0.722. The first-order valence-corrected chi connectivity index (χ1v) is 6.52. The van der Waals surface area contributed by atoms with Gasteiger partial charge in [0.2, 0.25) is 0 Å². The van der Waals surface area contributed by atoms with Crippen LogP contribution in [0.4, 0.5) is 0 Å². The fourth-order valence-electron chi connectivity index (χ4n) is 2.14. The van der Waals surface area contributed by atoms with Gasteiger partial charge in [-0.1, -0.05) is 29.4 Å². The van der Waals surface area contributed by atoms with Gasteiger partial charge in [0.1, 0.15) is 11.5 Å². The number of benzene rings is 2. The molecule has 2 aromatic carbocycles. The van der Waals surface area contributed by atoms with E-state index in [4.69, 9.17) is 4.52 Å². The molecule has 0 aliphatic carbocycles. The van der Waals surface area contributed by atoms with Gasteiger partial charge in [-0.2, -0.15) is 4.98 Å². The van der Waals surface area contributed by atoms with Crippen molar-refractivity contribution in [3.63, 3.8) is 0 Å². The Morgan fingerprint density at radius 1 is 1.05 bits per heavy atom. The monoisotopic (exact) mass is 282 g/mol. The maximum atomic E-state index is 9.48. The molecular formula is C16H14N2O3. The van der Waals surface area contributed by atoms with Gasteiger partial charge in [0, 0.05) is 18.1 Å². The molecule has 1 aromatic heterocycles. The SMILES string of the molecule is Cc1ccccc1Cc1noc(-c2cc(O)cc(O)c2)n1. The van der Waals surface area contributed by atoms with E-state index < -0.39 is 0 Å². The third-order valence-electron chi connectivity index (χ3n) is 3.23. The lowest BCUT2D eigenvalue weighted by molar-refractivity contribution is 0.421. The first kappa shape index (κ1) is 13.2. The van der Waals surface area contributed by atoms with Gasteiger partial charge < -0.3 is 14.7 Å². The number of hydrogen-bond donors (Lipinski definition) is 2. The summed E-state index contributed by atoms with van der Waals surface area (Å²) >= 11 is 0. The van der Waals surface area contributed by atoms with Gasteiger partial charge in [-0.05, 0) is 30.2 Å².